The molecule has 0 saturated carbocycles. The number of nitrogens with two attached hydrogens (primary N) is 1. The first kappa shape index (κ1) is 29.7. The van der Waals surface area contributed by atoms with Crippen molar-refractivity contribution in [3.05, 3.63) is 0 Å². The van der Waals surface area contributed by atoms with Crippen molar-refractivity contribution < 1.29 is 19.1 Å². The van der Waals surface area contributed by atoms with E-state index in [-0.39, 0.29) is 30.3 Å². The minimum absolute atomic E-state index is 0.00811. The molecule has 0 aliphatic carbocycles. The van der Waals surface area contributed by atoms with Crippen molar-refractivity contribution in [1.82, 2.24) is 5.32 Å². The van der Waals surface area contributed by atoms with Gasteiger partial charge in [-0.15, -0.1) is 0 Å². The molecule has 0 radical (unpaired) electrons. The van der Waals surface area contributed by atoms with Gasteiger partial charge in [-0.3, -0.25) is 14.4 Å². The van der Waals surface area contributed by atoms with Crippen molar-refractivity contribution in [1.29, 1.82) is 0 Å². The van der Waals surface area contributed by atoms with Gasteiger partial charge < -0.3 is 15.8 Å². The molecule has 0 rings (SSSR count). The first-order valence-electron chi connectivity index (χ1n) is 10.5. The summed E-state index contributed by atoms with van der Waals surface area (Å²) in [7, 11) is 1.69. The lowest BCUT2D eigenvalue weighted by Gasteiger charge is -2.23. The number of alkyl halides is 1. The molecule has 0 bridgehead atoms. The van der Waals surface area contributed by atoms with Crippen molar-refractivity contribution in [2.75, 3.05) is 11.5 Å². The van der Waals surface area contributed by atoms with E-state index in [1.807, 2.05) is 27.7 Å². The van der Waals surface area contributed by atoms with Crippen LogP contribution in [0.3, 0.4) is 0 Å². The Kier molecular flexibility index (Phi) is 19.6. The number of likely N-dealkylation sites (N-methyl/N-ethyl adjacent to an activating group) is 1. The maximum atomic E-state index is 12.2. The fourth-order valence-electron chi connectivity index (χ4n) is 2.90. The molecule has 0 aliphatic heterocycles. The standard InChI is InChI=1S/C19H35IN2O4.C2H6/c1-5-8-13(2)19(25)15(21)10-11-17(24)26-14(3)18(22-4)16(23)9-6-7-12-20;1-2/h13-15,18,22H,5-12,21H2,1-4H3;1-2H3. The molecule has 0 saturated heterocycles. The van der Waals surface area contributed by atoms with Crippen LogP contribution >= 0.6 is 22.6 Å². The Morgan fingerprint density at radius 2 is 1.68 bits per heavy atom. The number of rotatable bonds is 15. The molecule has 4 unspecified atom stereocenters. The van der Waals surface area contributed by atoms with E-state index in [2.05, 4.69) is 27.9 Å². The Labute approximate surface area is 185 Å². The van der Waals surface area contributed by atoms with E-state index in [4.69, 9.17) is 10.5 Å². The molecule has 0 aromatic rings. The predicted octanol–water partition coefficient (Wildman–Crippen LogP) is 3.82. The Hall–Kier alpha value is -0.540. The maximum absolute atomic E-state index is 12.2. The quantitative estimate of drug-likeness (QED) is 0.150. The smallest absolute Gasteiger partial charge is 0.306 e. The Morgan fingerprint density at radius 1 is 1.07 bits per heavy atom. The third-order valence-electron chi connectivity index (χ3n) is 4.48. The molecule has 166 valence electrons. The first-order chi connectivity index (χ1) is 13.3. The van der Waals surface area contributed by atoms with E-state index < -0.39 is 24.2 Å². The Morgan fingerprint density at radius 3 is 2.18 bits per heavy atom. The van der Waals surface area contributed by atoms with Crippen LogP contribution in [0.25, 0.3) is 0 Å². The number of hydrogen-bond donors (Lipinski definition) is 2. The number of carbonyl (C=O) groups is 3. The molecule has 3 N–H and O–H groups in total. The van der Waals surface area contributed by atoms with Crippen LogP contribution in [-0.4, -0.2) is 47.2 Å². The molecule has 7 heteroatoms. The Bertz CT molecular complexity index is 446. The van der Waals surface area contributed by atoms with Crippen molar-refractivity contribution in [3.63, 3.8) is 0 Å². The normalized spacial score (nSPS) is 14.9. The van der Waals surface area contributed by atoms with Crippen LogP contribution in [0.15, 0.2) is 0 Å². The zero-order chi connectivity index (χ0) is 22.1. The number of halogens is 1. The summed E-state index contributed by atoms with van der Waals surface area (Å²) >= 11 is 2.29. The second-order valence-electron chi connectivity index (χ2n) is 6.81. The minimum atomic E-state index is -0.644. The van der Waals surface area contributed by atoms with Crippen molar-refractivity contribution in [2.24, 2.45) is 11.7 Å². The fraction of sp³-hybridized carbons (Fsp3) is 0.857. The van der Waals surface area contributed by atoms with Crippen LogP contribution in [0, 0.1) is 5.92 Å². The predicted molar refractivity (Wildman–Crippen MR) is 124 cm³/mol. The monoisotopic (exact) mass is 512 g/mol. The van der Waals surface area contributed by atoms with Gasteiger partial charge >= 0.3 is 5.97 Å². The van der Waals surface area contributed by atoms with Gasteiger partial charge in [0, 0.05) is 18.8 Å². The third-order valence-corrected chi connectivity index (χ3v) is 5.25. The summed E-state index contributed by atoms with van der Waals surface area (Å²) in [4.78, 5) is 36.4. The van der Waals surface area contributed by atoms with Gasteiger partial charge in [-0.05, 0) is 44.1 Å². The lowest BCUT2D eigenvalue weighted by atomic mass is 9.94. The zero-order valence-electron chi connectivity index (χ0n) is 18.6. The minimum Gasteiger partial charge on any atom is -0.461 e. The largest absolute Gasteiger partial charge is 0.461 e. The molecule has 4 atom stereocenters. The number of unbranched alkanes of at least 4 members (excludes halogenated alkanes) is 1. The second kappa shape index (κ2) is 18.5. The number of Topliss-reactive ketones (excluding diaryl/α,β-unsaturated/α-hetero) is 2. The molecule has 0 heterocycles. The molecule has 0 aromatic heterocycles. The first-order valence-corrected chi connectivity index (χ1v) is 12.1. The van der Waals surface area contributed by atoms with Crippen molar-refractivity contribution in [2.45, 2.75) is 97.8 Å². The molecule has 0 aliphatic rings. The van der Waals surface area contributed by atoms with Crippen LogP contribution in [-0.2, 0) is 19.1 Å². The summed E-state index contributed by atoms with van der Waals surface area (Å²) in [6, 6.07) is -1.15. The molecule has 0 amide bonds. The summed E-state index contributed by atoms with van der Waals surface area (Å²) in [6.07, 6.45) is 3.85. The highest BCUT2D eigenvalue weighted by molar-refractivity contribution is 14.1. The maximum Gasteiger partial charge on any atom is 0.306 e. The summed E-state index contributed by atoms with van der Waals surface area (Å²) < 4.78 is 6.40. The van der Waals surface area contributed by atoms with E-state index in [9.17, 15) is 14.4 Å². The van der Waals surface area contributed by atoms with E-state index in [0.717, 1.165) is 30.1 Å². The van der Waals surface area contributed by atoms with Crippen LogP contribution < -0.4 is 11.1 Å². The molecule has 0 spiro atoms. The number of ketones is 2. The SMILES string of the molecule is CC.CCCC(C)C(=O)C(N)CCC(=O)OC(C)C(NC)C(=O)CCCCI. The van der Waals surface area contributed by atoms with E-state index in [1.54, 1.807) is 14.0 Å². The van der Waals surface area contributed by atoms with Crippen molar-refractivity contribution in [3.8, 4) is 0 Å². The number of carbonyl (C=O) groups excluding carboxylic acids is 3. The summed E-state index contributed by atoms with van der Waals surface area (Å²) in [5, 5.41) is 2.94. The van der Waals surface area contributed by atoms with Gasteiger partial charge in [0.2, 0.25) is 0 Å². The average molecular weight is 512 g/mol. The highest BCUT2D eigenvalue weighted by Crippen LogP contribution is 2.12. The average Bonchev–Trinajstić information content (AvgIpc) is 2.68. The summed E-state index contributed by atoms with van der Waals surface area (Å²) in [5.41, 5.74) is 5.91. The van der Waals surface area contributed by atoms with E-state index >= 15 is 0 Å². The van der Waals surface area contributed by atoms with Crippen molar-refractivity contribution >= 4 is 40.1 Å². The van der Waals surface area contributed by atoms with Gasteiger partial charge in [0.1, 0.15) is 12.1 Å². The highest BCUT2D eigenvalue weighted by Gasteiger charge is 2.26. The van der Waals surface area contributed by atoms with Gasteiger partial charge in [0.05, 0.1) is 6.04 Å². The van der Waals surface area contributed by atoms with Gasteiger partial charge in [0.15, 0.2) is 11.6 Å². The van der Waals surface area contributed by atoms with E-state index in [1.165, 1.54) is 0 Å². The van der Waals surface area contributed by atoms with Gasteiger partial charge in [0.25, 0.3) is 0 Å². The number of nitrogens with one attached hydrogen (secondary N) is 1. The fourth-order valence-corrected chi connectivity index (χ4v) is 3.44. The van der Waals surface area contributed by atoms with Gasteiger partial charge in [-0.2, -0.15) is 0 Å². The molecular weight excluding hydrogens is 471 g/mol. The second-order valence-corrected chi connectivity index (χ2v) is 7.89. The molecule has 28 heavy (non-hydrogen) atoms. The van der Waals surface area contributed by atoms with Crippen LogP contribution in [0.4, 0.5) is 0 Å². The zero-order valence-corrected chi connectivity index (χ0v) is 20.7. The lowest BCUT2D eigenvalue weighted by molar-refractivity contribution is -0.151. The van der Waals surface area contributed by atoms with Crippen LogP contribution in [0.2, 0.25) is 0 Å². The third kappa shape index (κ3) is 12.8. The highest BCUT2D eigenvalue weighted by atomic mass is 127. The molecule has 6 nitrogen and oxygen atoms in total. The van der Waals surface area contributed by atoms with E-state index in [0.29, 0.717) is 6.42 Å². The molecular formula is C21H41IN2O4. The molecule has 0 aromatic carbocycles. The van der Waals surface area contributed by atoms with Crippen LogP contribution in [0.1, 0.15) is 79.6 Å². The topological polar surface area (TPSA) is 98.5 Å². The number of esters is 1. The number of ether oxygens (including phenoxy) is 1. The molecule has 0 fully saturated rings. The lowest BCUT2D eigenvalue weighted by Crippen LogP contribution is -2.45. The van der Waals surface area contributed by atoms with Crippen LogP contribution in [0.5, 0.6) is 0 Å². The number of hydrogen-bond acceptors (Lipinski definition) is 6. The van der Waals surface area contributed by atoms with Gasteiger partial charge in [-0.25, -0.2) is 0 Å². The summed E-state index contributed by atoms with van der Waals surface area (Å²) in [6.45, 7) is 9.60. The Balaban J connectivity index is 0. The van der Waals surface area contributed by atoms with Gasteiger partial charge in [-0.1, -0.05) is 56.7 Å². The summed E-state index contributed by atoms with van der Waals surface area (Å²) in [5.74, 6) is -0.466.